The number of esters is 1. The largest absolute Gasteiger partial charge is 0.463 e. The van der Waals surface area contributed by atoms with Crippen molar-refractivity contribution in [1.82, 2.24) is 0 Å². The number of hydrogen-bond donors (Lipinski definition) is 0. The molecule has 0 atom stereocenters. The minimum atomic E-state index is -0.379. The Morgan fingerprint density at radius 3 is 1.81 bits per heavy atom. The Morgan fingerprint density at radius 1 is 1.05 bits per heavy atom. The van der Waals surface area contributed by atoms with E-state index in [2.05, 4.69) is 0 Å². The van der Waals surface area contributed by atoms with Crippen LogP contribution in [-0.4, -0.2) is 18.4 Å². The fraction of sp³-hybridized carbons (Fsp3) is 0.556. The van der Waals surface area contributed by atoms with Crippen LogP contribution in [0.3, 0.4) is 0 Å². The summed E-state index contributed by atoms with van der Waals surface area (Å²) in [5.74, 6) is -0.313. The molecular formula is C18H26O3. The van der Waals surface area contributed by atoms with Gasteiger partial charge in [0.1, 0.15) is 0 Å². The van der Waals surface area contributed by atoms with Crippen LogP contribution in [0.15, 0.2) is 34.9 Å². The van der Waals surface area contributed by atoms with Crippen LogP contribution >= 0.6 is 0 Å². The zero-order chi connectivity index (χ0) is 16.4. The van der Waals surface area contributed by atoms with Gasteiger partial charge in [-0.15, -0.1) is 0 Å². The molecule has 21 heavy (non-hydrogen) atoms. The normalized spacial score (nSPS) is 16.3. The lowest BCUT2D eigenvalue weighted by atomic mass is 9.72. The summed E-state index contributed by atoms with van der Waals surface area (Å²) in [5, 5.41) is 0. The first kappa shape index (κ1) is 17.4. The summed E-state index contributed by atoms with van der Waals surface area (Å²) in [6, 6.07) is 0. The Hall–Kier alpha value is -1.64. The Labute approximate surface area is 127 Å². The van der Waals surface area contributed by atoms with E-state index in [4.69, 9.17) is 4.74 Å². The summed E-state index contributed by atoms with van der Waals surface area (Å²) < 4.78 is 4.95. The number of hydrogen-bond acceptors (Lipinski definition) is 3. The lowest BCUT2D eigenvalue weighted by Crippen LogP contribution is -2.28. The van der Waals surface area contributed by atoms with Gasteiger partial charge in [0.05, 0.1) is 6.61 Å². The second-order valence-corrected chi connectivity index (χ2v) is 7.34. The van der Waals surface area contributed by atoms with Crippen LogP contribution in [-0.2, 0) is 14.3 Å². The molecule has 0 aliphatic heterocycles. The summed E-state index contributed by atoms with van der Waals surface area (Å²) in [4.78, 5) is 24.4. The quantitative estimate of drug-likeness (QED) is 0.570. The van der Waals surface area contributed by atoms with Gasteiger partial charge in [0.25, 0.3) is 0 Å². The number of ketones is 1. The van der Waals surface area contributed by atoms with Crippen LogP contribution in [0.25, 0.3) is 0 Å². The highest BCUT2D eigenvalue weighted by atomic mass is 16.5. The predicted octanol–water partition coefficient (Wildman–Crippen LogP) is 4.00. The SMILES string of the molecule is CCOC(=O)C=C1C=C(C(C)(C)C)C(=O)C(C(C)(C)C)=C1. The third-order valence-corrected chi connectivity index (χ3v) is 3.30. The molecule has 0 spiro atoms. The minimum Gasteiger partial charge on any atom is -0.463 e. The first-order valence-corrected chi connectivity index (χ1v) is 7.34. The van der Waals surface area contributed by atoms with E-state index in [1.54, 1.807) is 19.1 Å². The van der Waals surface area contributed by atoms with E-state index >= 15 is 0 Å². The van der Waals surface area contributed by atoms with Crippen LogP contribution in [0.5, 0.6) is 0 Å². The summed E-state index contributed by atoms with van der Waals surface area (Å²) in [6.07, 6.45) is 5.05. The van der Waals surface area contributed by atoms with Crippen molar-refractivity contribution in [2.45, 2.75) is 48.5 Å². The number of carbonyl (C=O) groups is 2. The molecule has 0 bridgehead atoms. The average Bonchev–Trinajstić information content (AvgIpc) is 2.28. The van der Waals surface area contributed by atoms with Crippen molar-refractivity contribution < 1.29 is 14.3 Å². The van der Waals surface area contributed by atoms with Gasteiger partial charge in [-0.2, -0.15) is 0 Å². The molecule has 3 nitrogen and oxygen atoms in total. The van der Waals surface area contributed by atoms with Crippen molar-refractivity contribution in [1.29, 1.82) is 0 Å². The van der Waals surface area contributed by atoms with E-state index in [1.165, 1.54) is 6.08 Å². The van der Waals surface area contributed by atoms with Gasteiger partial charge in [0, 0.05) is 17.2 Å². The second-order valence-electron chi connectivity index (χ2n) is 7.34. The maximum absolute atomic E-state index is 12.7. The smallest absolute Gasteiger partial charge is 0.331 e. The monoisotopic (exact) mass is 290 g/mol. The highest BCUT2D eigenvalue weighted by molar-refractivity contribution is 6.12. The van der Waals surface area contributed by atoms with Crippen molar-refractivity contribution in [3.05, 3.63) is 34.9 Å². The summed E-state index contributed by atoms with van der Waals surface area (Å²) in [7, 11) is 0. The molecule has 0 heterocycles. The molecule has 1 rings (SSSR count). The molecule has 0 aromatic carbocycles. The number of carbonyl (C=O) groups excluding carboxylic acids is 2. The van der Waals surface area contributed by atoms with Gasteiger partial charge in [0.15, 0.2) is 5.78 Å². The van der Waals surface area contributed by atoms with E-state index in [0.717, 1.165) is 16.7 Å². The van der Waals surface area contributed by atoms with Crippen molar-refractivity contribution >= 4 is 11.8 Å². The molecule has 0 fully saturated rings. The molecule has 0 aromatic heterocycles. The molecule has 0 saturated heterocycles. The van der Waals surface area contributed by atoms with Crippen LogP contribution in [0.4, 0.5) is 0 Å². The third kappa shape index (κ3) is 4.42. The van der Waals surface area contributed by atoms with Gasteiger partial charge in [-0.1, -0.05) is 41.5 Å². The van der Waals surface area contributed by atoms with E-state index in [-0.39, 0.29) is 22.6 Å². The molecule has 116 valence electrons. The summed E-state index contributed by atoms with van der Waals surface area (Å²) in [6.45, 7) is 14.1. The molecule has 0 radical (unpaired) electrons. The van der Waals surface area contributed by atoms with Crippen molar-refractivity contribution in [2.75, 3.05) is 6.61 Å². The number of allylic oxidation sites excluding steroid dienone is 5. The van der Waals surface area contributed by atoms with E-state index in [1.807, 2.05) is 41.5 Å². The zero-order valence-corrected chi connectivity index (χ0v) is 14.2. The van der Waals surface area contributed by atoms with Gasteiger partial charge in [-0.25, -0.2) is 4.79 Å². The summed E-state index contributed by atoms with van der Waals surface area (Å²) in [5.41, 5.74) is 1.64. The maximum Gasteiger partial charge on any atom is 0.331 e. The fourth-order valence-electron chi connectivity index (χ4n) is 2.17. The first-order valence-electron chi connectivity index (χ1n) is 7.34. The van der Waals surface area contributed by atoms with Crippen LogP contribution in [0.2, 0.25) is 0 Å². The standard InChI is InChI=1S/C18H26O3/c1-8-21-15(19)11-12-9-13(17(2,3)4)16(20)14(10-12)18(5,6)7/h9-11H,8H2,1-7H3. The minimum absolute atomic E-state index is 0.0657. The topological polar surface area (TPSA) is 43.4 Å². The van der Waals surface area contributed by atoms with E-state index < -0.39 is 0 Å². The first-order chi connectivity index (χ1) is 9.46. The van der Waals surface area contributed by atoms with Crippen LogP contribution in [0.1, 0.15) is 48.5 Å². The highest BCUT2D eigenvalue weighted by Gasteiger charge is 2.34. The van der Waals surface area contributed by atoms with Crippen molar-refractivity contribution in [3.63, 3.8) is 0 Å². The van der Waals surface area contributed by atoms with E-state index in [9.17, 15) is 9.59 Å². The summed E-state index contributed by atoms with van der Waals surface area (Å²) >= 11 is 0. The Bertz CT molecular complexity index is 496. The molecule has 0 aromatic rings. The van der Waals surface area contributed by atoms with Gasteiger partial charge in [-0.05, 0) is 35.5 Å². The Morgan fingerprint density at radius 2 is 1.48 bits per heavy atom. The highest BCUT2D eigenvalue weighted by Crippen LogP contribution is 2.38. The molecule has 1 aliphatic carbocycles. The number of Topliss-reactive ketones (excluding diaryl/α,β-unsaturated/α-hetero) is 1. The average molecular weight is 290 g/mol. The number of rotatable bonds is 2. The van der Waals surface area contributed by atoms with Crippen molar-refractivity contribution in [2.24, 2.45) is 10.8 Å². The van der Waals surface area contributed by atoms with Crippen LogP contribution in [0, 0.1) is 10.8 Å². The van der Waals surface area contributed by atoms with Gasteiger partial charge < -0.3 is 4.74 Å². The van der Waals surface area contributed by atoms with Gasteiger partial charge in [-0.3, -0.25) is 4.79 Å². The Balaban J connectivity index is 3.35. The molecule has 0 N–H and O–H groups in total. The van der Waals surface area contributed by atoms with Crippen LogP contribution < -0.4 is 0 Å². The van der Waals surface area contributed by atoms with Gasteiger partial charge >= 0.3 is 5.97 Å². The number of ether oxygens (including phenoxy) is 1. The Kier molecular flexibility index (Phi) is 4.98. The maximum atomic E-state index is 12.7. The molecule has 0 unspecified atom stereocenters. The predicted molar refractivity (Wildman–Crippen MR) is 84.8 cm³/mol. The molecule has 1 aliphatic rings. The second kappa shape index (κ2) is 6.00. The van der Waals surface area contributed by atoms with E-state index in [0.29, 0.717) is 6.61 Å². The lowest BCUT2D eigenvalue weighted by Gasteiger charge is -2.31. The van der Waals surface area contributed by atoms with Gasteiger partial charge in [0.2, 0.25) is 0 Å². The third-order valence-electron chi connectivity index (χ3n) is 3.30. The van der Waals surface area contributed by atoms with Crippen molar-refractivity contribution in [3.8, 4) is 0 Å². The molecule has 0 amide bonds. The molecule has 0 saturated carbocycles. The molecule has 3 heteroatoms. The lowest BCUT2D eigenvalue weighted by molar-refractivity contribution is -0.137. The zero-order valence-electron chi connectivity index (χ0n) is 14.2. The fourth-order valence-corrected chi connectivity index (χ4v) is 2.17. The molecular weight excluding hydrogens is 264 g/mol.